The maximum absolute atomic E-state index is 9.56. The first-order chi connectivity index (χ1) is 40.0. The summed E-state index contributed by atoms with van der Waals surface area (Å²) in [6.45, 7) is 0. The second-order valence-electron chi connectivity index (χ2n) is 14.6. The van der Waals surface area contributed by atoms with Gasteiger partial charge in [-0.1, -0.05) is 206 Å². The van der Waals surface area contributed by atoms with Crippen LogP contribution in [-0.2, 0) is 0 Å². The quantitative estimate of drug-likeness (QED) is 0.113. The zero-order valence-corrected chi connectivity index (χ0v) is 33.8. The molecule has 3 heterocycles. The van der Waals surface area contributed by atoms with Crippen LogP contribution in [0.1, 0.15) is 28.8 Å². The normalized spacial score (nSPS) is 16.5. The van der Waals surface area contributed by atoms with E-state index in [2.05, 4.69) is 0 Å². The highest BCUT2D eigenvalue weighted by Gasteiger charge is 2.42. The van der Waals surface area contributed by atoms with Crippen LogP contribution >= 0.6 is 0 Å². The highest BCUT2D eigenvalue weighted by Crippen LogP contribution is 2.38. The molecule has 0 aliphatic heterocycles. The van der Waals surface area contributed by atoms with Gasteiger partial charge in [0, 0.05) is 32.7 Å². The predicted molar refractivity (Wildman–Crippen MR) is 265 cm³/mol. The first-order valence-electron chi connectivity index (χ1n) is 30.3. The summed E-state index contributed by atoms with van der Waals surface area (Å²) in [6.07, 6.45) is 0. The molecule has 12 aromatic rings. The Bertz CT molecular complexity index is 4580. The van der Waals surface area contributed by atoms with E-state index in [0.29, 0.717) is 5.19 Å². The molecule has 9 aromatic carbocycles. The lowest BCUT2D eigenvalue weighted by Gasteiger charge is -2.35. The van der Waals surface area contributed by atoms with Gasteiger partial charge in [-0.05, 0) is 57.0 Å². The van der Waals surface area contributed by atoms with Crippen molar-refractivity contribution in [2.75, 3.05) is 0 Å². The molecule has 0 spiro atoms. The van der Waals surface area contributed by atoms with Gasteiger partial charge in [0.15, 0.2) is 8.07 Å². The van der Waals surface area contributed by atoms with Gasteiger partial charge in [-0.25, -0.2) is 9.97 Å². The third kappa shape index (κ3) is 5.89. The first kappa shape index (κ1) is 21.1. The standard InChI is InChI=1S/C58H40N4Si/c1-5-21-41(22-6-1)51-40-52(60-58(59-51)62-55-35-19-15-31-48(55)49-32-16-20-36-56(49)62)50-39-45(37-38-57(50)61-53-33-17-13-29-46(53)47-30-14-18-34-54(47)61)63(42-23-7-2-8-24-42,43-25-9-3-10-26-43)44-27-11-4-12-28-44/h1-40H/i1D,5D,6D,13D,14D,15D,16D,17D,18D,19D,20D,21D,22D,29D,30D,31D,32D,33D,34D,35D,36D. The lowest BCUT2D eigenvalue weighted by molar-refractivity contribution is 0.994. The van der Waals surface area contributed by atoms with Crippen LogP contribution in [0.5, 0.6) is 0 Å². The van der Waals surface area contributed by atoms with Crippen molar-refractivity contribution in [2.45, 2.75) is 0 Å². The Hall–Kier alpha value is -8.12. The Morgan fingerprint density at radius 3 is 1.25 bits per heavy atom. The topological polar surface area (TPSA) is 35.6 Å². The van der Waals surface area contributed by atoms with Crippen LogP contribution in [0.3, 0.4) is 0 Å². The maximum Gasteiger partial charge on any atom is 0.235 e. The summed E-state index contributed by atoms with van der Waals surface area (Å²) in [5, 5.41) is 2.05. The molecule has 12 rings (SSSR count). The number of para-hydroxylation sites is 4. The van der Waals surface area contributed by atoms with Gasteiger partial charge < -0.3 is 4.57 Å². The van der Waals surface area contributed by atoms with E-state index in [1.165, 1.54) is 10.6 Å². The number of fused-ring (bicyclic) bond motifs is 6. The maximum atomic E-state index is 9.56. The molecule has 0 aliphatic carbocycles. The van der Waals surface area contributed by atoms with Crippen molar-refractivity contribution < 1.29 is 28.8 Å². The summed E-state index contributed by atoms with van der Waals surface area (Å²) < 4.78 is 193. The summed E-state index contributed by atoms with van der Waals surface area (Å²) in [5.74, 6) is -0.593. The van der Waals surface area contributed by atoms with Gasteiger partial charge in [0.05, 0.1) is 67.9 Å². The number of hydrogen-bond acceptors (Lipinski definition) is 2. The van der Waals surface area contributed by atoms with E-state index in [0.717, 1.165) is 20.1 Å². The Morgan fingerprint density at radius 1 is 0.365 bits per heavy atom. The summed E-state index contributed by atoms with van der Waals surface area (Å²) in [5.41, 5.74) is -2.52. The van der Waals surface area contributed by atoms with E-state index in [-0.39, 0.29) is 49.5 Å². The molecule has 3 aromatic heterocycles. The molecule has 0 atom stereocenters. The monoisotopic (exact) mass is 841 g/mol. The van der Waals surface area contributed by atoms with Crippen LogP contribution in [-0.4, -0.2) is 27.2 Å². The first-order valence-corrected chi connectivity index (χ1v) is 21.8. The fourth-order valence-electron chi connectivity index (χ4n) is 8.70. The smallest absolute Gasteiger partial charge is 0.235 e. The molecule has 296 valence electrons. The van der Waals surface area contributed by atoms with Gasteiger partial charge in [-0.15, -0.1) is 0 Å². The van der Waals surface area contributed by atoms with Crippen molar-refractivity contribution in [1.29, 1.82) is 0 Å². The van der Waals surface area contributed by atoms with Gasteiger partial charge in [0.2, 0.25) is 5.95 Å². The molecule has 0 unspecified atom stereocenters. The summed E-state index contributed by atoms with van der Waals surface area (Å²) >= 11 is 0. The average molecular weight is 842 g/mol. The molecule has 0 amide bonds. The van der Waals surface area contributed by atoms with Crippen LogP contribution < -0.4 is 20.7 Å². The van der Waals surface area contributed by atoms with Gasteiger partial charge in [-0.3, -0.25) is 4.57 Å². The third-order valence-electron chi connectivity index (χ3n) is 11.3. The van der Waals surface area contributed by atoms with Crippen LogP contribution in [0.25, 0.3) is 77.8 Å². The molecule has 4 nitrogen and oxygen atoms in total. The lowest BCUT2D eigenvalue weighted by atomic mass is 10.1. The summed E-state index contributed by atoms with van der Waals surface area (Å²) in [7, 11) is -3.66. The predicted octanol–water partition coefficient (Wildman–Crippen LogP) is 11.4. The average Bonchev–Trinajstić information content (AvgIpc) is 1.76. The molecule has 5 heteroatoms. The minimum atomic E-state index is -3.66. The Labute approximate surface area is 396 Å². The van der Waals surface area contributed by atoms with Crippen LogP contribution in [0.4, 0.5) is 0 Å². The van der Waals surface area contributed by atoms with Crippen molar-refractivity contribution in [3.63, 3.8) is 0 Å². The van der Waals surface area contributed by atoms with Crippen molar-refractivity contribution in [3.8, 4) is 34.2 Å². The summed E-state index contributed by atoms with van der Waals surface area (Å²) in [4.78, 5) is 9.98. The number of rotatable bonds is 8. The van der Waals surface area contributed by atoms with Crippen LogP contribution in [0, 0.1) is 0 Å². The fourth-order valence-corrected chi connectivity index (χ4v) is 13.5. The molecule has 0 aliphatic rings. The molecule has 0 saturated heterocycles. The van der Waals surface area contributed by atoms with Crippen LogP contribution in [0.15, 0.2) is 242 Å². The van der Waals surface area contributed by atoms with Crippen LogP contribution in [0.2, 0.25) is 0 Å². The minimum Gasteiger partial charge on any atom is -0.309 e. The van der Waals surface area contributed by atoms with Gasteiger partial charge in [0.25, 0.3) is 0 Å². The zero-order chi connectivity index (χ0) is 60.0. The molecule has 0 bridgehead atoms. The van der Waals surface area contributed by atoms with Gasteiger partial charge >= 0.3 is 0 Å². The molecule has 0 fully saturated rings. The molecule has 0 saturated carbocycles. The van der Waals surface area contributed by atoms with Crippen molar-refractivity contribution in [1.82, 2.24) is 19.1 Å². The Morgan fingerprint density at radius 2 is 0.778 bits per heavy atom. The van der Waals surface area contributed by atoms with Gasteiger partial charge in [-0.2, -0.15) is 0 Å². The lowest BCUT2D eigenvalue weighted by Crippen LogP contribution is -2.74. The number of nitrogens with zero attached hydrogens (tertiary/aromatic N) is 4. The second kappa shape index (κ2) is 15.1. The summed E-state index contributed by atoms with van der Waals surface area (Å²) in [6, 6.07) is 20.5. The molecule has 0 radical (unpaired) electrons. The van der Waals surface area contributed by atoms with Crippen molar-refractivity contribution in [3.05, 3.63) is 242 Å². The zero-order valence-electron chi connectivity index (χ0n) is 53.8. The van der Waals surface area contributed by atoms with E-state index in [9.17, 15) is 13.7 Å². The Balaban J connectivity index is 1.36. The third-order valence-corrected chi connectivity index (χ3v) is 16.1. The van der Waals surface area contributed by atoms with E-state index in [1.807, 2.05) is 97.1 Å². The second-order valence-corrected chi connectivity index (χ2v) is 18.4. The SMILES string of the molecule is [2H]c1c([2H])c([2H])c(-c2cc(-c3cc([Si](c4ccccc4)(c4ccccc4)c4ccccc4)ccc3-n3c4c([2H])c([2H])c([2H])c([2H])c4c4c([2H])c([2H])c([2H])c([2H])c43)nc(-n3c4c([2H])c([2H])c([2H])c([2H])c4c4c([2H])c([2H])c([2H])c([2H])c43)n2)c([2H])c1[2H]. The van der Waals surface area contributed by atoms with E-state index in [4.69, 9.17) is 25.0 Å². The van der Waals surface area contributed by atoms with Crippen molar-refractivity contribution in [2.24, 2.45) is 0 Å². The molecule has 0 N–H and O–H groups in total. The number of hydrogen-bond donors (Lipinski definition) is 0. The Kier molecular flexibility index (Phi) is 5.06. The highest BCUT2D eigenvalue weighted by atomic mass is 28.3. The highest BCUT2D eigenvalue weighted by molar-refractivity contribution is 7.19. The molecular weight excluding hydrogens is 781 g/mol. The van der Waals surface area contributed by atoms with E-state index in [1.54, 1.807) is 12.1 Å². The molecular formula is C58H40N4Si. The minimum absolute atomic E-state index is 0.00706. The van der Waals surface area contributed by atoms with E-state index >= 15 is 0 Å². The fraction of sp³-hybridized carbons (Fsp3) is 0. The van der Waals surface area contributed by atoms with Crippen molar-refractivity contribution >= 4 is 72.4 Å². The van der Waals surface area contributed by atoms with E-state index < -0.39 is 163 Å². The number of benzene rings is 9. The van der Waals surface area contributed by atoms with Gasteiger partial charge in [0.1, 0.15) is 0 Å². The largest absolute Gasteiger partial charge is 0.309 e. The molecule has 63 heavy (non-hydrogen) atoms. The number of aromatic nitrogens is 4.